The minimum absolute atomic E-state index is 0.218. The molecule has 2 nitrogen and oxygen atoms in total. The number of ketones is 1. The van der Waals surface area contributed by atoms with Gasteiger partial charge in [0.15, 0.2) is 5.78 Å². The highest BCUT2D eigenvalue weighted by molar-refractivity contribution is 5.97. The van der Waals surface area contributed by atoms with E-state index in [9.17, 15) is 4.79 Å². The third-order valence-corrected chi connectivity index (χ3v) is 3.92. The van der Waals surface area contributed by atoms with E-state index in [-0.39, 0.29) is 11.7 Å². The molecule has 1 fully saturated rings. The Bertz CT molecular complexity index is 360. The highest BCUT2D eigenvalue weighted by Gasteiger charge is 2.29. The van der Waals surface area contributed by atoms with Crippen molar-refractivity contribution in [3.8, 4) is 0 Å². The van der Waals surface area contributed by atoms with Gasteiger partial charge in [-0.05, 0) is 43.2 Å². The van der Waals surface area contributed by atoms with Gasteiger partial charge in [-0.15, -0.1) is 0 Å². The molecule has 1 aromatic heterocycles. The fourth-order valence-corrected chi connectivity index (χ4v) is 2.53. The Morgan fingerprint density at radius 3 is 2.75 bits per heavy atom. The third kappa shape index (κ3) is 2.31. The monoisotopic (exact) mass is 217 g/mol. The van der Waals surface area contributed by atoms with Crippen LogP contribution in [0.25, 0.3) is 0 Å². The van der Waals surface area contributed by atoms with Crippen LogP contribution in [0.2, 0.25) is 0 Å². The minimum Gasteiger partial charge on any atom is -0.294 e. The second-order valence-electron chi connectivity index (χ2n) is 5.07. The molecule has 0 spiro atoms. The molecule has 0 aliphatic heterocycles. The van der Waals surface area contributed by atoms with Gasteiger partial charge in [0, 0.05) is 23.9 Å². The van der Waals surface area contributed by atoms with Gasteiger partial charge in [-0.25, -0.2) is 0 Å². The predicted molar refractivity (Wildman–Crippen MR) is 64.2 cm³/mol. The summed E-state index contributed by atoms with van der Waals surface area (Å²) in [5.74, 6) is 1.93. The fraction of sp³-hybridized carbons (Fsp3) is 0.571. The van der Waals surface area contributed by atoms with Crippen LogP contribution in [0.3, 0.4) is 0 Å². The average Bonchev–Trinajstić information content (AvgIpc) is 2.33. The minimum atomic E-state index is 0.218. The topological polar surface area (TPSA) is 30.0 Å². The SMILES string of the molecule is CC1CCC(C(=O)c2cccnc2)CC1C. The summed E-state index contributed by atoms with van der Waals surface area (Å²) in [7, 11) is 0. The van der Waals surface area contributed by atoms with Crippen molar-refractivity contribution in [2.24, 2.45) is 17.8 Å². The number of aromatic nitrogens is 1. The molecule has 3 atom stereocenters. The van der Waals surface area contributed by atoms with Crippen molar-refractivity contribution >= 4 is 5.78 Å². The molecular weight excluding hydrogens is 198 g/mol. The lowest BCUT2D eigenvalue weighted by molar-refractivity contribution is 0.0837. The summed E-state index contributed by atoms with van der Waals surface area (Å²) in [6, 6.07) is 3.71. The van der Waals surface area contributed by atoms with Crippen LogP contribution in [0.1, 0.15) is 43.5 Å². The van der Waals surface area contributed by atoms with Crippen LogP contribution in [0.5, 0.6) is 0 Å². The summed E-state index contributed by atoms with van der Waals surface area (Å²) in [4.78, 5) is 16.2. The molecule has 2 rings (SSSR count). The summed E-state index contributed by atoms with van der Waals surface area (Å²) in [6.45, 7) is 4.54. The average molecular weight is 217 g/mol. The van der Waals surface area contributed by atoms with Crippen LogP contribution >= 0.6 is 0 Å². The van der Waals surface area contributed by atoms with Crippen molar-refractivity contribution in [1.29, 1.82) is 0 Å². The number of carbonyl (C=O) groups is 1. The molecule has 0 radical (unpaired) electrons. The first-order valence-corrected chi connectivity index (χ1v) is 6.12. The first-order chi connectivity index (χ1) is 7.68. The van der Waals surface area contributed by atoms with Gasteiger partial charge in [0.05, 0.1) is 0 Å². The van der Waals surface area contributed by atoms with Crippen molar-refractivity contribution in [2.45, 2.75) is 33.1 Å². The van der Waals surface area contributed by atoms with E-state index in [1.165, 1.54) is 6.42 Å². The van der Waals surface area contributed by atoms with Gasteiger partial charge in [0.25, 0.3) is 0 Å². The van der Waals surface area contributed by atoms with Crippen molar-refractivity contribution in [3.63, 3.8) is 0 Å². The van der Waals surface area contributed by atoms with Gasteiger partial charge >= 0.3 is 0 Å². The maximum absolute atomic E-state index is 12.2. The van der Waals surface area contributed by atoms with E-state index in [1.54, 1.807) is 12.4 Å². The highest BCUT2D eigenvalue weighted by Crippen LogP contribution is 2.34. The number of hydrogen-bond donors (Lipinski definition) is 0. The molecule has 0 bridgehead atoms. The number of hydrogen-bond acceptors (Lipinski definition) is 2. The summed E-state index contributed by atoms with van der Waals surface area (Å²) >= 11 is 0. The largest absolute Gasteiger partial charge is 0.294 e. The Kier molecular flexibility index (Phi) is 3.37. The molecule has 1 saturated carbocycles. The quantitative estimate of drug-likeness (QED) is 0.711. The second-order valence-corrected chi connectivity index (χ2v) is 5.07. The molecule has 0 saturated heterocycles. The Morgan fingerprint density at radius 2 is 2.12 bits per heavy atom. The van der Waals surface area contributed by atoms with Crippen LogP contribution in [0, 0.1) is 17.8 Å². The summed E-state index contributed by atoms with van der Waals surface area (Å²) in [5.41, 5.74) is 0.772. The Morgan fingerprint density at radius 1 is 1.31 bits per heavy atom. The molecule has 2 heteroatoms. The Labute approximate surface area is 97.1 Å². The van der Waals surface area contributed by atoms with E-state index in [2.05, 4.69) is 18.8 Å². The number of nitrogens with zero attached hydrogens (tertiary/aromatic N) is 1. The second kappa shape index (κ2) is 4.77. The Balaban J connectivity index is 2.06. The molecule has 1 aliphatic rings. The first kappa shape index (κ1) is 11.3. The maximum Gasteiger partial charge on any atom is 0.167 e. The molecule has 16 heavy (non-hydrogen) atoms. The van der Waals surface area contributed by atoms with Crippen LogP contribution in [-0.4, -0.2) is 10.8 Å². The molecule has 1 aromatic rings. The van der Waals surface area contributed by atoms with Gasteiger partial charge in [-0.1, -0.05) is 13.8 Å². The van der Waals surface area contributed by atoms with Crippen molar-refractivity contribution in [3.05, 3.63) is 30.1 Å². The summed E-state index contributed by atoms with van der Waals surface area (Å²) < 4.78 is 0. The van der Waals surface area contributed by atoms with E-state index in [4.69, 9.17) is 0 Å². The zero-order valence-corrected chi connectivity index (χ0v) is 10.0. The standard InChI is InChI=1S/C14H19NO/c1-10-5-6-12(8-11(10)2)14(16)13-4-3-7-15-9-13/h3-4,7,9-12H,5-6,8H2,1-2H3. The molecule has 0 aromatic carbocycles. The molecule has 1 aliphatic carbocycles. The van der Waals surface area contributed by atoms with Gasteiger partial charge < -0.3 is 0 Å². The highest BCUT2D eigenvalue weighted by atomic mass is 16.1. The van der Waals surface area contributed by atoms with E-state index in [0.29, 0.717) is 5.92 Å². The zero-order valence-electron chi connectivity index (χ0n) is 10.0. The molecule has 0 N–H and O–H groups in total. The number of carbonyl (C=O) groups excluding carboxylic acids is 1. The zero-order chi connectivity index (χ0) is 11.5. The lowest BCUT2D eigenvalue weighted by Gasteiger charge is -2.31. The van der Waals surface area contributed by atoms with Crippen molar-refractivity contribution in [2.75, 3.05) is 0 Å². The van der Waals surface area contributed by atoms with Crippen LogP contribution in [0.15, 0.2) is 24.5 Å². The van der Waals surface area contributed by atoms with E-state index in [0.717, 1.165) is 24.3 Å². The van der Waals surface area contributed by atoms with Crippen LogP contribution < -0.4 is 0 Å². The van der Waals surface area contributed by atoms with E-state index >= 15 is 0 Å². The van der Waals surface area contributed by atoms with Crippen LogP contribution in [-0.2, 0) is 0 Å². The van der Waals surface area contributed by atoms with Gasteiger partial charge in [0.2, 0.25) is 0 Å². The Hall–Kier alpha value is -1.18. The van der Waals surface area contributed by atoms with Gasteiger partial charge in [0.1, 0.15) is 0 Å². The van der Waals surface area contributed by atoms with Crippen molar-refractivity contribution in [1.82, 2.24) is 4.98 Å². The van der Waals surface area contributed by atoms with Crippen molar-refractivity contribution < 1.29 is 4.79 Å². The maximum atomic E-state index is 12.2. The molecular formula is C14H19NO. The molecule has 0 amide bonds. The lowest BCUT2D eigenvalue weighted by atomic mass is 9.73. The van der Waals surface area contributed by atoms with Crippen LogP contribution in [0.4, 0.5) is 0 Å². The predicted octanol–water partition coefficient (Wildman–Crippen LogP) is 3.34. The third-order valence-electron chi connectivity index (χ3n) is 3.92. The number of Topliss-reactive ketones (excluding diaryl/α,β-unsaturated/α-hetero) is 1. The number of pyridine rings is 1. The number of rotatable bonds is 2. The van der Waals surface area contributed by atoms with E-state index in [1.807, 2.05) is 12.1 Å². The smallest absolute Gasteiger partial charge is 0.167 e. The normalized spacial score (nSPS) is 30.0. The van der Waals surface area contributed by atoms with Gasteiger partial charge in [-0.3, -0.25) is 9.78 Å². The van der Waals surface area contributed by atoms with E-state index < -0.39 is 0 Å². The lowest BCUT2D eigenvalue weighted by Crippen LogP contribution is -2.26. The fourth-order valence-electron chi connectivity index (χ4n) is 2.53. The molecule has 3 unspecified atom stereocenters. The first-order valence-electron chi connectivity index (χ1n) is 6.12. The summed E-state index contributed by atoms with van der Waals surface area (Å²) in [5, 5.41) is 0. The summed E-state index contributed by atoms with van der Waals surface area (Å²) in [6.07, 6.45) is 6.65. The molecule has 1 heterocycles. The van der Waals surface area contributed by atoms with Gasteiger partial charge in [-0.2, -0.15) is 0 Å². The molecule has 86 valence electrons.